The van der Waals surface area contributed by atoms with Gasteiger partial charge < -0.3 is 15.4 Å². The molecule has 0 radical (unpaired) electrons. The van der Waals surface area contributed by atoms with Crippen LogP contribution < -0.4 is 10.5 Å². The molecule has 1 aromatic carbocycles. The van der Waals surface area contributed by atoms with Gasteiger partial charge in [0.05, 0.1) is 0 Å². The fourth-order valence-corrected chi connectivity index (χ4v) is 2.36. The molecule has 0 atom stereocenters. The molecule has 1 aliphatic rings. The number of benzene rings is 1. The van der Waals surface area contributed by atoms with E-state index in [2.05, 4.69) is 29.8 Å². The minimum Gasteiger partial charge on any atom is -0.492 e. The molecule has 0 bridgehead atoms. The third kappa shape index (κ3) is 3.85. The molecule has 0 aliphatic carbocycles. The maximum atomic E-state index is 5.92. The summed E-state index contributed by atoms with van der Waals surface area (Å²) in [5.74, 6) is 0.914. The van der Waals surface area contributed by atoms with E-state index in [0.717, 1.165) is 61.9 Å². The second-order valence-corrected chi connectivity index (χ2v) is 5.47. The second-order valence-electron chi connectivity index (χ2n) is 5.47. The first kappa shape index (κ1) is 14.2. The zero-order chi connectivity index (χ0) is 13.8. The number of hydrogen-bond acceptors (Lipinski definition) is 4. The van der Waals surface area contributed by atoms with E-state index >= 15 is 0 Å². The van der Waals surface area contributed by atoms with E-state index in [-0.39, 0.29) is 0 Å². The van der Waals surface area contributed by atoms with Crippen molar-refractivity contribution in [1.82, 2.24) is 9.80 Å². The van der Waals surface area contributed by atoms with Gasteiger partial charge in [-0.05, 0) is 32.0 Å². The first-order chi connectivity index (χ1) is 9.06. The fourth-order valence-electron chi connectivity index (χ4n) is 2.36. The molecule has 1 aliphatic heterocycles. The van der Waals surface area contributed by atoms with E-state index in [1.807, 2.05) is 13.0 Å². The SMILES string of the molecule is Cc1cc(C)c(OCCN2CCN(C)CC2)cc1N. The van der Waals surface area contributed by atoms with Crippen LogP contribution in [0.1, 0.15) is 11.1 Å². The van der Waals surface area contributed by atoms with Gasteiger partial charge >= 0.3 is 0 Å². The van der Waals surface area contributed by atoms with Crippen LogP contribution in [-0.2, 0) is 0 Å². The number of piperazine rings is 1. The topological polar surface area (TPSA) is 41.7 Å². The van der Waals surface area contributed by atoms with Crippen molar-refractivity contribution < 1.29 is 4.74 Å². The third-order valence-electron chi connectivity index (χ3n) is 3.82. The second kappa shape index (κ2) is 6.26. The Labute approximate surface area is 116 Å². The standard InChI is InChI=1S/C15H25N3O/c1-12-10-13(2)15(11-14(12)16)19-9-8-18-6-4-17(3)5-7-18/h10-11H,4-9,16H2,1-3H3. The van der Waals surface area contributed by atoms with Crippen molar-refractivity contribution in [2.45, 2.75) is 13.8 Å². The Morgan fingerprint density at radius 3 is 2.47 bits per heavy atom. The molecule has 0 saturated carbocycles. The number of nitrogens with two attached hydrogens (primary N) is 1. The summed E-state index contributed by atoms with van der Waals surface area (Å²) in [6.07, 6.45) is 0. The highest BCUT2D eigenvalue weighted by molar-refractivity contribution is 5.54. The van der Waals surface area contributed by atoms with Gasteiger partial charge in [0.15, 0.2) is 0 Å². The number of nitrogen functional groups attached to an aromatic ring is 1. The molecular formula is C15H25N3O. The normalized spacial score (nSPS) is 17.6. The molecule has 1 fully saturated rings. The molecular weight excluding hydrogens is 238 g/mol. The van der Waals surface area contributed by atoms with Crippen LogP contribution in [0.3, 0.4) is 0 Å². The van der Waals surface area contributed by atoms with Crippen LogP contribution in [0.2, 0.25) is 0 Å². The summed E-state index contributed by atoms with van der Waals surface area (Å²) >= 11 is 0. The van der Waals surface area contributed by atoms with E-state index < -0.39 is 0 Å². The first-order valence-electron chi connectivity index (χ1n) is 6.96. The Bertz CT molecular complexity index is 426. The monoisotopic (exact) mass is 263 g/mol. The van der Waals surface area contributed by atoms with Gasteiger partial charge in [-0.1, -0.05) is 6.07 Å². The number of rotatable bonds is 4. The minimum absolute atomic E-state index is 0.729. The summed E-state index contributed by atoms with van der Waals surface area (Å²) in [4.78, 5) is 4.81. The lowest BCUT2D eigenvalue weighted by molar-refractivity contribution is 0.133. The molecule has 0 spiro atoms. The van der Waals surface area contributed by atoms with Crippen LogP contribution in [0.5, 0.6) is 5.75 Å². The van der Waals surface area contributed by atoms with Crippen LogP contribution >= 0.6 is 0 Å². The minimum atomic E-state index is 0.729. The first-order valence-corrected chi connectivity index (χ1v) is 6.96. The quantitative estimate of drug-likeness (QED) is 0.836. The highest BCUT2D eigenvalue weighted by Crippen LogP contribution is 2.24. The fraction of sp³-hybridized carbons (Fsp3) is 0.600. The van der Waals surface area contributed by atoms with Gasteiger partial charge in [-0.2, -0.15) is 0 Å². The van der Waals surface area contributed by atoms with Crippen molar-refractivity contribution in [3.05, 3.63) is 23.3 Å². The predicted molar refractivity (Wildman–Crippen MR) is 79.8 cm³/mol. The molecule has 106 valence electrons. The number of hydrogen-bond donors (Lipinski definition) is 1. The molecule has 2 N–H and O–H groups in total. The molecule has 19 heavy (non-hydrogen) atoms. The van der Waals surface area contributed by atoms with E-state index in [1.54, 1.807) is 0 Å². The van der Waals surface area contributed by atoms with Crippen molar-refractivity contribution in [3.8, 4) is 5.75 Å². The number of likely N-dealkylation sites (N-methyl/N-ethyl adjacent to an activating group) is 1. The smallest absolute Gasteiger partial charge is 0.124 e. The highest BCUT2D eigenvalue weighted by atomic mass is 16.5. The summed E-state index contributed by atoms with van der Waals surface area (Å²) in [5.41, 5.74) is 9.00. The van der Waals surface area contributed by atoms with Gasteiger partial charge in [-0.25, -0.2) is 0 Å². The Kier molecular flexibility index (Phi) is 4.66. The summed E-state index contributed by atoms with van der Waals surface area (Å²) < 4.78 is 5.87. The Morgan fingerprint density at radius 2 is 1.79 bits per heavy atom. The highest BCUT2D eigenvalue weighted by Gasteiger charge is 2.13. The molecule has 0 unspecified atom stereocenters. The Hall–Kier alpha value is -1.26. The molecule has 4 nitrogen and oxygen atoms in total. The van der Waals surface area contributed by atoms with E-state index in [9.17, 15) is 0 Å². The van der Waals surface area contributed by atoms with E-state index in [1.165, 1.54) is 0 Å². The average molecular weight is 263 g/mol. The van der Waals surface area contributed by atoms with Crippen molar-refractivity contribution in [2.24, 2.45) is 0 Å². The van der Waals surface area contributed by atoms with Crippen LogP contribution in [0.4, 0.5) is 5.69 Å². The number of nitrogens with zero attached hydrogens (tertiary/aromatic N) is 2. The van der Waals surface area contributed by atoms with Gasteiger partial charge in [0.25, 0.3) is 0 Å². The average Bonchev–Trinajstić information content (AvgIpc) is 2.38. The van der Waals surface area contributed by atoms with Gasteiger partial charge in [-0.15, -0.1) is 0 Å². The zero-order valence-corrected chi connectivity index (χ0v) is 12.3. The van der Waals surface area contributed by atoms with Crippen molar-refractivity contribution in [1.29, 1.82) is 0 Å². The third-order valence-corrected chi connectivity index (χ3v) is 3.82. The van der Waals surface area contributed by atoms with Gasteiger partial charge in [0.1, 0.15) is 12.4 Å². The Morgan fingerprint density at radius 1 is 1.11 bits per heavy atom. The number of aryl methyl sites for hydroxylation is 2. The van der Waals surface area contributed by atoms with Crippen LogP contribution in [0.25, 0.3) is 0 Å². The van der Waals surface area contributed by atoms with Gasteiger partial charge in [-0.3, -0.25) is 4.90 Å². The molecule has 1 heterocycles. The number of anilines is 1. The molecule has 2 rings (SSSR count). The predicted octanol–water partition coefficient (Wildman–Crippen LogP) is 1.51. The van der Waals surface area contributed by atoms with Crippen molar-refractivity contribution in [2.75, 3.05) is 52.1 Å². The molecule has 1 aromatic rings. The summed E-state index contributed by atoms with van der Waals surface area (Å²) in [6.45, 7) is 10.4. The van der Waals surface area contributed by atoms with Crippen LogP contribution in [0.15, 0.2) is 12.1 Å². The summed E-state index contributed by atoms with van der Waals surface area (Å²) in [6, 6.07) is 4.02. The Balaban J connectivity index is 1.81. The maximum Gasteiger partial charge on any atom is 0.124 e. The van der Waals surface area contributed by atoms with Gasteiger partial charge in [0.2, 0.25) is 0 Å². The van der Waals surface area contributed by atoms with Crippen molar-refractivity contribution >= 4 is 5.69 Å². The molecule has 1 saturated heterocycles. The van der Waals surface area contributed by atoms with Crippen LogP contribution in [0, 0.1) is 13.8 Å². The molecule has 0 aromatic heterocycles. The van der Waals surface area contributed by atoms with E-state index in [0.29, 0.717) is 0 Å². The zero-order valence-electron chi connectivity index (χ0n) is 12.3. The lowest BCUT2D eigenvalue weighted by Gasteiger charge is -2.32. The molecule has 0 amide bonds. The van der Waals surface area contributed by atoms with E-state index in [4.69, 9.17) is 10.5 Å². The maximum absolute atomic E-state index is 5.92. The van der Waals surface area contributed by atoms with Crippen molar-refractivity contribution in [3.63, 3.8) is 0 Å². The largest absolute Gasteiger partial charge is 0.492 e. The lowest BCUT2D eigenvalue weighted by Crippen LogP contribution is -2.45. The summed E-state index contributed by atoms with van der Waals surface area (Å²) in [7, 11) is 2.17. The summed E-state index contributed by atoms with van der Waals surface area (Å²) in [5, 5.41) is 0. The van der Waals surface area contributed by atoms with Gasteiger partial charge in [0, 0.05) is 44.5 Å². The lowest BCUT2D eigenvalue weighted by atomic mass is 10.1. The van der Waals surface area contributed by atoms with Crippen LogP contribution in [-0.4, -0.2) is 56.2 Å². The molecule has 4 heteroatoms. The number of ether oxygens (including phenoxy) is 1.